The first-order valence-electron chi connectivity index (χ1n) is 7.30. The SMILES string of the molecule is COc1cc(O)c2c(c1)[C@@H](O)[C@@H]1C[C@](C)(O)[C@H](O)C[C@H]1C2=O. The van der Waals surface area contributed by atoms with Gasteiger partial charge in [-0.05, 0) is 31.4 Å². The van der Waals surface area contributed by atoms with E-state index in [2.05, 4.69) is 0 Å². The van der Waals surface area contributed by atoms with Crippen LogP contribution >= 0.6 is 0 Å². The van der Waals surface area contributed by atoms with Gasteiger partial charge in [-0.3, -0.25) is 4.79 Å². The number of ketones is 1. The number of hydrogen-bond donors (Lipinski definition) is 4. The minimum atomic E-state index is -1.35. The third kappa shape index (κ3) is 2.10. The van der Waals surface area contributed by atoms with E-state index in [0.29, 0.717) is 11.3 Å². The Bertz CT molecular complexity index is 623. The zero-order chi connectivity index (χ0) is 16.2. The standard InChI is InChI=1S/C16H20O6/c1-16(21)6-10-8(5-12(16)18)15(20)13-9(14(10)19)3-7(22-2)4-11(13)17/h3-4,8,10,12,14,17-19,21H,5-6H2,1-2H3/t8-,10-,12-,14-,16+/m1/s1. The predicted molar refractivity (Wildman–Crippen MR) is 76.8 cm³/mol. The molecule has 120 valence electrons. The van der Waals surface area contributed by atoms with Crippen molar-refractivity contribution in [3.05, 3.63) is 23.3 Å². The Hall–Kier alpha value is -1.63. The van der Waals surface area contributed by atoms with E-state index < -0.39 is 29.6 Å². The number of rotatable bonds is 1. The molecule has 0 aliphatic heterocycles. The molecule has 0 bridgehead atoms. The van der Waals surface area contributed by atoms with E-state index in [1.165, 1.54) is 26.2 Å². The van der Waals surface area contributed by atoms with E-state index in [1.54, 1.807) is 0 Å². The van der Waals surface area contributed by atoms with Crippen LogP contribution in [-0.4, -0.2) is 45.0 Å². The highest BCUT2D eigenvalue weighted by Gasteiger charge is 2.52. The Morgan fingerprint density at radius 1 is 1.32 bits per heavy atom. The molecule has 4 N–H and O–H groups in total. The maximum absolute atomic E-state index is 12.7. The third-order valence-electron chi connectivity index (χ3n) is 5.03. The van der Waals surface area contributed by atoms with Gasteiger partial charge in [-0.25, -0.2) is 0 Å². The average molecular weight is 308 g/mol. The molecule has 2 aliphatic rings. The second-order valence-corrected chi connectivity index (χ2v) is 6.50. The third-order valence-corrected chi connectivity index (χ3v) is 5.03. The molecule has 0 spiro atoms. The van der Waals surface area contributed by atoms with Crippen LogP contribution in [0, 0.1) is 11.8 Å². The fourth-order valence-electron chi connectivity index (χ4n) is 3.72. The van der Waals surface area contributed by atoms with E-state index >= 15 is 0 Å². The number of phenolic OH excluding ortho intramolecular Hbond substituents is 1. The van der Waals surface area contributed by atoms with E-state index in [0.717, 1.165) is 0 Å². The van der Waals surface area contributed by atoms with Gasteiger partial charge in [0.05, 0.1) is 30.5 Å². The minimum absolute atomic E-state index is 0.0679. The van der Waals surface area contributed by atoms with Crippen LogP contribution in [0.4, 0.5) is 0 Å². The van der Waals surface area contributed by atoms with E-state index in [9.17, 15) is 25.2 Å². The van der Waals surface area contributed by atoms with E-state index in [4.69, 9.17) is 4.74 Å². The fourth-order valence-corrected chi connectivity index (χ4v) is 3.72. The molecule has 1 saturated carbocycles. The van der Waals surface area contributed by atoms with Crippen LogP contribution in [0.3, 0.4) is 0 Å². The highest BCUT2D eigenvalue weighted by atomic mass is 16.5. The number of aromatic hydroxyl groups is 1. The minimum Gasteiger partial charge on any atom is -0.507 e. The maximum atomic E-state index is 12.7. The molecule has 0 unspecified atom stereocenters. The number of methoxy groups -OCH3 is 1. The first-order chi connectivity index (χ1) is 10.3. The number of ether oxygens (including phenoxy) is 1. The van der Waals surface area contributed by atoms with Crippen molar-refractivity contribution >= 4 is 5.78 Å². The summed E-state index contributed by atoms with van der Waals surface area (Å²) in [7, 11) is 1.43. The van der Waals surface area contributed by atoms with Gasteiger partial charge in [-0.2, -0.15) is 0 Å². The largest absolute Gasteiger partial charge is 0.507 e. The van der Waals surface area contributed by atoms with Gasteiger partial charge in [-0.15, -0.1) is 0 Å². The summed E-state index contributed by atoms with van der Waals surface area (Å²) in [5.74, 6) is -1.30. The quantitative estimate of drug-likeness (QED) is 0.610. The van der Waals surface area contributed by atoms with Crippen molar-refractivity contribution in [1.29, 1.82) is 0 Å². The molecule has 0 aromatic heterocycles. The lowest BCUT2D eigenvalue weighted by Crippen LogP contribution is -2.52. The van der Waals surface area contributed by atoms with Gasteiger partial charge in [0, 0.05) is 17.9 Å². The summed E-state index contributed by atoms with van der Waals surface area (Å²) in [6.07, 6.45) is -1.86. The number of carbonyl (C=O) groups excluding carboxylic acids is 1. The van der Waals surface area contributed by atoms with Crippen LogP contribution in [0.2, 0.25) is 0 Å². The van der Waals surface area contributed by atoms with Crippen molar-refractivity contribution in [2.45, 2.75) is 37.6 Å². The number of fused-ring (bicyclic) bond motifs is 2. The number of phenols is 1. The number of Topliss-reactive ketones (excluding diaryl/α,β-unsaturated/α-hetero) is 1. The van der Waals surface area contributed by atoms with Crippen LogP contribution in [0.15, 0.2) is 12.1 Å². The first-order valence-corrected chi connectivity index (χ1v) is 7.30. The number of carbonyl (C=O) groups is 1. The molecule has 0 amide bonds. The molecular formula is C16H20O6. The summed E-state index contributed by atoms with van der Waals surface area (Å²) >= 11 is 0. The summed E-state index contributed by atoms with van der Waals surface area (Å²) < 4.78 is 5.07. The molecule has 22 heavy (non-hydrogen) atoms. The van der Waals surface area contributed by atoms with Gasteiger partial charge in [0.1, 0.15) is 11.5 Å². The Morgan fingerprint density at radius 3 is 2.64 bits per heavy atom. The van der Waals surface area contributed by atoms with E-state index in [1.807, 2.05) is 0 Å². The topological polar surface area (TPSA) is 107 Å². The molecule has 5 atom stereocenters. The molecule has 2 aliphatic carbocycles. The monoisotopic (exact) mass is 308 g/mol. The lowest BCUT2D eigenvalue weighted by atomic mass is 9.62. The van der Waals surface area contributed by atoms with Crippen molar-refractivity contribution < 1.29 is 30.0 Å². The molecule has 1 aromatic rings. The molecule has 6 nitrogen and oxygen atoms in total. The summed E-state index contributed by atoms with van der Waals surface area (Å²) in [6, 6.07) is 2.87. The lowest BCUT2D eigenvalue weighted by Gasteiger charge is -2.46. The van der Waals surface area contributed by atoms with Crippen molar-refractivity contribution in [3.8, 4) is 11.5 Å². The smallest absolute Gasteiger partial charge is 0.170 e. The van der Waals surface area contributed by atoms with Crippen LogP contribution < -0.4 is 4.74 Å². The zero-order valence-corrected chi connectivity index (χ0v) is 12.5. The van der Waals surface area contributed by atoms with Crippen molar-refractivity contribution in [2.75, 3.05) is 7.11 Å². The Morgan fingerprint density at radius 2 is 2.00 bits per heavy atom. The summed E-state index contributed by atoms with van der Waals surface area (Å²) in [5, 5.41) is 41.0. The Kier molecular flexibility index (Phi) is 3.43. The number of aliphatic hydroxyl groups is 3. The summed E-state index contributed by atoms with van der Waals surface area (Å²) in [5.41, 5.74) is -0.945. The number of benzene rings is 1. The van der Waals surface area contributed by atoms with Gasteiger partial charge >= 0.3 is 0 Å². The summed E-state index contributed by atoms with van der Waals surface area (Å²) in [4.78, 5) is 12.7. The van der Waals surface area contributed by atoms with Crippen molar-refractivity contribution in [1.82, 2.24) is 0 Å². The zero-order valence-electron chi connectivity index (χ0n) is 12.5. The normalized spacial score (nSPS) is 37.4. The summed E-state index contributed by atoms with van der Waals surface area (Å²) in [6.45, 7) is 1.50. The van der Waals surface area contributed by atoms with Gasteiger partial charge in [0.2, 0.25) is 0 Å². The second kappa shape index (κ2) is 4.94. The highest BCUT2D eigenvalue weighted by molar-refractivity contribution is 6.03. The molecule has 0 saturated heterocycles. The predicted octanol–water partition coefficient (Wildman–Crippen LogP) is 0.769. The molecule has 0 heterocycles. The van der Waals surface area contributed by atoms with Crippen LogP contribution in [-0.2, 0) is 0 Å². The number of hydrogen-bond acceptors (Lipinski definition) is 6. The van der Waals surface area contributed by atoms with Gasteiger partial charge in [-0.1, -0.05) is 0 Å². The Labute approximate surface area is 128 Å². The molecule has 3 rings (SSSR count). The van der Waals surface area contributed by atoms with Gasteiger partial charge in [0.15, 0.2) is 5.78 Å². The van der Waals surface area contributed by atoms with E-state index in [-0.39, 0.29) is 29.9 Å². The molecular weight excluding hydrogens is 288 g/mol. The maximum Gasteiger partial charge on any atom is 0.170 e. The van der Waals surface area contributed by atoms with Crippen LogP contribution in [0.1, 0.15) is 41.8 Å². The molecule has 1 aromatic carbocycles. The van der Waals surface area contributed by atoms with Gasteiger partial charge < -0.3 is 25.2 Å². The molecule has 6 heteroatoms. The van der Waals surface area contributed by atoms with Crippen molar-refractivity contribution in [3.63, 3.8) is 0 Å². The molecule has 1 fully saturated rings. The molecule has 0 radical (unpaired) electrons. The average Bonchev–Trinajstić information content (AvgIpc) is 2.46. The fraction of sp³-hybridized carbons (Fsp3) is 0.562. The van der Waals surface area contributed by atoms with Crippen LogP contribution in [0.25, 0.3) is 0 Å². The number of aliphatic hydroxyl groups excluding tert-OH is 2. The van der Waals surface area contributed by atoms with Crippen LogP contribution in [0.5, 0.6) is 11.5 Å². The second-order valence-electron chi connectivity index (χ2n) is 6.50. The van der Waals surface area contributed by atoms with Gasteiger partial charge in [0.25, 0.3) is 0 Å². The highest BCUT2D eigenvalue weighted by Crippen LogP contribution is 2.50. The first kappa shape index (κ1) is 15.3. The van der Waals surface area contributed by atoms with Crippen molar-refractivity contribution in [2.24, 2.45) is 11.8 Å². The Balaban J connectivity index is 2.10. The lowest BCUT2D eigenvalue weighted by molar-refractivity contribution is -0.131.